The molecule has 0 fully saturated rings. The van der Waals surface area contributed by atoms with E-state index >= 15 is 0 Å². The van der Waals surface area contributed by atoms with Gasteiger partial charge in [0.15, 0.2) is 0 Å². The molecular formula is C11H18N2O3. The van der Waals surface area contributed by atoms with Gasteiger partial charge in [0.05, 0.1) is 0 Å². The van der Waals surface area contributed by atoms with Crippen LogP contribution in [0.1, 0.15) is 20.3 Å². The average molecular weight is 226 g/mol. The summed E-state index contributed by atoms with van der Waals surface area (Å²) in [6.45, 7) is 4.16. The Labute approximate surface area is 95.3 Å². The number of hydrogen-bond acceptors (Lipinski definition) is 3. The number of carbonyl (C=O) groups is 2. The smallest absolute Gasteiger partial charge is 0.407 e. The van der Waals surface area contributed by atoms with Gasteiger partial charge in [0.1, 0.15) is 6.61 Å². The van der Waals surface area contributed by atoms with Crippen LogP contribution in [0, 0.1) is 0 Å². The van der Waals surface area contributed by atoms with Gasteiger partial charge in [-0.15, -0.1) is 0 Å². The Morgan fingerprint density at radius 2 is 2.06 bits per heavy atom. The third-order valence-corrected chi connectivity index (χ3v) is 1.76. The molecule has 3 N–H and O–H groups in total. The first-order chi connectivity index (χ1) is 7.60. The van der Waals surface area contributed by atoms with Gasteiger partial charge in [0.2, 0.25) is 5.91 Å². The van der Waals surface area contributed by atoms with Crippen LogP contribution in [0.3, 0.4) is 0 Å². The lowest BCUT2D eigenvalue weighted by Crippen LogP contribution is -2.28. The predicted octanol–water partition coefficient (Wildman–Crippen LogP) is 1.11. The van der Waals surface area contributed by atoms with Crippen LogP contribution in [0.5, 0.6) is 0 Å². The number of nitrogens with one attached hydrogen (secondary N) is 1. The molecule has 0 saturated carbocycles. The van der Waals surface area contributed by atoms with Gasteiger partial charge in [-0.2, -0.15) is 0 Å². The monoisotopic (exact) mass is 226 g/mol. The highest BCUT2D eigenvalue weighted by Crippen LogP contribution is 1.97. The number of nitrogens with two attached hydrogens (primary N) is 1. The van der Waals surface area contributed by atoms with Crippen molar-refractivity contribution in [2.75, 3.05) is 13.2 Å². The summed E-state index contributed by atoms with van der Waals surface area (Å²) in [5.74, 6) is -0.455. The highest BCUT2D eigenvalue weighted by atomic mass is 16.5. The zero-order chi connectivity index (χ0) is 12.4. The topological polar surface area (TPSA) is 81.4 Å². The lowest BCUT2D eigenvalue weighted by Gasteiger charge is -2.06. The molecule has 0 aliphatic rings. The largest absolute Gasteiger partial charge is 0.445 e. The molecule has 5 heteroatoms. The minimum absolute atomic E-state index is 0.112. The van der Waals surface area contributed by atoms with E-state index in [1.165, 1.54) is 0 Å². The van der Waals surface area contributed by atoms with E-state index < -0.39 is 12.0 Å². The highest BCUT2D eigenvalue weighted by Gasteiger charge is 2.02. The number of primary amides is 1. The molecule has 5 nitrogen and oxygen atoms in total. The van der Waals surface area contributed by atoms with Gasteiger partial charge in [0, 0.05) is 13.0 Å². The van der Waals surface area contributed by atoms with E-state index in [0.29, 0.717) is 0 Å². The number of alkyl carbamates (subject to hydrolysis) is 1. The molecule has 0 saturated heterocycles. The van der Waals surface area contributed by atoms with Gasteiger partial charge in [-0.3, -0.25) is 4.79 Å². The lowest BCUT2D eigenvalue weighted by atomic mass is 10.2. The summed E-state index contributed by atoms with van der Waals surface area (Å²) in [4.78, 5) is 21.5. The van der Waals surface area contributed by atoms with Crippen LogP contribution < -0.4 is 11.1 Å². The summed E-state index contributed by atoms with van der Waals surface area (Å²) in [7, 11) is 0. The first-order valence-corrected chi connectivity index (χ1v) is 5.07. The molecule has 0 aromatic carbocycles. The van der Waals surface area contributed by atoms with E-state index in [2.05, 4.69) is 5.32 Å². The number of allylic oxidation sites excluding steroid dienone is 2. The van der Waals surface area contributed by atoms with Crippen molar-refractivity contribution in [3.8, 4) is 0 Å². The van der Waals surface area contributed by atoms with E-state index in [4.69, 9.17) is 10.5 Å². The second-order valence-corrected chi connectivity index (χ2v) is 3.08. The second kappa shape index (κ2) is 8.52. The van der Waals surface area contributed by atoms with Crippen LogP contribution >= 0.6 is 0 Å². The summed E-state index contributed by atoms with van der Waals surface area (Å²) in [6.07, 6.45) is 5.14. The van der Waals surface area contributed by atoms with Crippen molar-refractivity contribution in [3.05, 3.63) is 23.8 Å². The molecule has 0 rings (SSSR count). The maximum absolute atomic E-state index is 11.1. The van der Waals surface area contributed by atoms with Crippen LogP contribution in [-0.2, 0) is 9.53 Å². The molecule has 0 aliphatic heterocycles. The Hall–Kier alpha value is -1.78. The van der Waals surface area contributed by atoms with Crippen LogP contribution in [-0.4, -0.2) is 25.2 Å². The molecule has 0 aliphatic carbocycles. The summed E-state index contributed by atoms with van der Waals surface area (Å²) < 4.78 is 4.91. The number of ether oxygens (including phenoxy) is 1. The highest BCUT2D eigenvalue weighted by molar-refractivity contribution is 5.75. The molecule has 0 aromatic heterocycles. The van der Waals surface area contributed by atoms with Gasteiger partial charge >= 0.3 is 6.09 Å². The number of rotatable bonds is 6. The summed E-state index contributed by atoms with van der Waals surface area (Å²) in [6, 6.07) is 0. The summed E-state index contributed by atoms with van der Waals surface area (Å²) in [5.41, 5.74) is 5.82. The molecule has 0 radical (unpaired) electrons. The van der Waals surface area contributed by atoms with E-state index in [1.54, 1.807) is 0 Å². The van der Waals surface area contributed by atoms with Gasteiger partial charge in [-0.05, 0) is 19.4 Å². The van der Waals surface area contributed by atoms with E-state index in [-0.39, 0.29) is 19.6 Å². The van der Waals surface area contributed by atoms with E-state index in [0.717, 1.165) is 5.57 Å². The Morgan fingerprint density at radius 3 is 2.56 bits per heavy atom. The van der Waals surface area contributed by atoms with E-state index in [1.807, 2.05) is 32.1 Å². The van der Waals surface area contributed by atoms with Crippen molar-refractivity contribution in [2.45, 2.75) is 20.3 Å². The molecular weight excluding hydrogens is 208 g/mol. The van der Waals surface area contributed by atoms with Crippen molar-refractivity contribution in [1.29, 1.82) is 0 Å². The maximum Gasteiger partial charge on any atom is 0.407 e. The van der Waals surface area contributed by atoms with Crippen LogP contribution in [0.2, 0.25) is 0 Å². The molecule has 0 heterocycles. The fourth-order valence-corrected chi connectivity index (χ4v) is 0.929. The molecule has 16 heavy (non-hydrogen) atoms. The first-order valence-electron chi connectivity index (χ1n) is 5.07. The third-order valence-electron chi connectivity index (χ3n) is 1.76. The Balaban J connectivity index is 3.76. The normalized spacial score (nSPS) is 11.5. The standard InChI is InChI=1S/C11H18N2O3/c1-3-5-9(4-2)8-16-11(15)13-7-6-10(12)14/h3-5H,6-8H2,1-2H3,(H2,12,14)(H,13,15)/b5-3-,9-4+. The SMILES string of the molecule is C/C=C\C(=C/C)COC(=O)NCCC(N)=O. The minimum Gasteiger partial charge on any atom is -0.445 e. The van der Waals surface area contributed by atoms with E-state index in [9.17, 15) is 9.59 Å². The fraction of sp³-hybridized carbons (Fsp3) is 0.455. The Bertz CT molecular complexity index is 296. The lowest BCUT2D eigenvalue weighted by molar-refractivity contribution is -0.117. The number of carbonyl (C=O) groups excluding carboxylic acids is 2. The molecule has 0 unspecified atom stereocenters. The van der Waals surface area contributed by atoms with Crippen molar-refractivity contribution >= 4 is 12.0 Å². The third kappa shape index (κ3) is 7.61. The van der Waals surface area contributed by atoms with Crippen molar-refractivity contribution in [3.63, 3.8) is 0 Å². The van der Waals surface area contributed by atoms with Crippen LogP contribution in [0.25, 0.3) is 0 Å². The molecule has 90 valence electrons. The van der Waals surface area contributed by atoms with Crippen LogP contribution in [0.4, 0.5) is 4.79 Å². The van der Waals surface area contributed by atoms with Gasteiger partial charge in [-0.25, -0.2) is 4.79 Å². The fourth-order valence-electron chi connectivity index (χ4n) is 0.929. The molecule has 0 aromatic rings. The average Bonchev–Trinajstić information content (AvgIpc) is 2.23. The van der Waals surface area contributed by atoms with Crippen molar-refractivity contribution < 1.29 is 14.3 Å². The Kier molecular flexibility index (Phi) is 7.57. The summed E-state index contributed by atoms with van der Waals surface area (Å²) in [5, 5.41) is 2.42. The van der Waals surface area contributed by atoms with Crippen molar-refractivity contribution in [2.24, 2.45) is 5.73 Å². The first kappa shape index (κ1) is 14.2. The maximum atomic E-state index is 11.1. The molecule has 0 spiro atoms. The summed E-state index contributed by atoms with van der Waals surface area (Å²) >= 11 is 0. The second-order valence-electron chi connectivity index (χ2n) is 3.08. The molecule has 2 amide bonds. The Morgan fingerprint density at radius 1 is 1.38 bits per heavy atom. The quantitative estimate of drug-likeness (QED) is 0.666. The zero-order valence-corrected chi connectivity index (χ0v) is 9.66. The zero-order valence-electron chi connectivity index (χ0n) is 9.66. The minimum atomic E-state index is -0.551. The number of hydrogen-bond donors (Lipinski definition) is 2. The number of amides is 2. The van der Waals surface area contributed by atoms with Crippen molar-refractivity contribution in [1.82, 2.24) is 5.32 Å². The molecule has 0 bridgehead atoms. The predicted molar refractivity (Wildman–Crippen MR) is 61.7 cm³/mol. The van der Waals surface area contributed by atoms with Gasteiger partial charge in [0.25, 0.3) is 0 Å². The molecule has 0 atom stereocenters. The van der Waals surface area contributed by atoms with Gasteiger partial charge < -0.3 is 15.8 Å². The van der Waals surface area contributed by atoms with Crippen LogP contribution in [0.15, 0.2) is 23.8 Å². The van der Waals surface area contributed by atoms with Gasteiger partial charge in [-0.1, -0.05) is 18.2 Å².